The number of rotatable bonds is 9. The molecule has 1 heterocycles. The van der Waals surface area contributed by atoms with Gasteiger partial charge in [0.1, 0.15) is 12.7 Å². The third kappa shape index (κ3) is 6.66. The Morgan fingerprint density at radius 3 is 2.31 bits per heavy atom. The maximum Gasteiger partial charge on any atom is 0.335 e. The summed E-state index contributed by atoms with van der Waals surface area (Å²) in [4.78, 5) is 27.1. The molecule has 2 aromatic rings. The Bertz CT molecular complexity index is 842. The number of halogens is 2. The number of methoxy groups -OCH3 is 1. The molecule has 0 spiro atoms. The number of hydrogen-bond acceptors (Lipinski definition) is 6. The van der Waals surface area contributed by atoms with Gasteiger partial charge in [-0.05, 0) is 29.8 Å². The monoisotopic (exact) mass is 442 g/mol. The van der Waals surface area contributed by atoms with Crippen molar-refractivity contribution in [1.29, 1.82) is 0 Å². The molecule has 3 unspecified atom stereocenters. The van der Waals surface area contributed by atoms with Crippen molar-refractivity contribution in [3.05, 3.63) is 52.3 Å². The minimum absolute atomic E-state index is 0.0163. The maximum atomic E-state index is 11.8. The average molecular weight is 443 g/mol. The topological polar surface area (TPSA) is 129 Å². The van der Waals surface area contributed by atoms with Crippen LogP contribution < -0.4 is 5.32 Å². The van der Waals surface area contributed by atoms with Crippen molar-refractivity contribution in [2.24, 2.45) is 0 Å². The summed E-state index contributed by atoms with van der Waals surface area (Å²) in [5, 5.41) is 32.2. The van der Waals surface area contributed by atoms with Crippen LogP contribution in [0.15, 0.2) is 36.5 Å². The highest BCUT2D eigenvalue weighted by Gasteiger charge is 2.32. The Morgan fingerprint density at radius 1 is 1.14 bits per heavy atom. The second-order valence-electron chi connectivity index (χ2n) is 6.28. The molecule has 0 saturated carbocycles. The smallest absolute Gasteiger partial charge is 0.335 e. The lowest BCUT2D eigenvalue weighted by atomic mass is 9.99. The zero-order chi connectivity index (χ0) is 21.6. The third-order valence-electron chi connectivity index (χ3n) is 4.06. The number of carbonyl (C=O) groups excluding carboxylic acids is 1. The van der Waals surface area contributed by atoms with E-state index in [9.17, 15) is 19.8 Å². The fraction of sp³-hybridized carbons (Fsp3) is 0.316. The predicted molar refractivity (Wildman–Crippen MR) is 107 cm³/mol. The van der Waals surface area contributed by atoms with E-state index in [0.717, 1.165) is 11.1 Å². The van der Waals surface area contributed by atoms with E-state index >= 15 is 0 Å². The number of carboxylic acids is 1. The van der Waals surface area contributed by atoms with Crippen LogP contribution in [0.2, 0.25) is 10.0 Å². The van der Waals surface area contributed by atoms with Crippen LogP contribution in [-0.2, 0) is 20.7 Å². The van der Waals surface area contributed by atoms with Crippen molar-refractivity contribution < 1.29 is 29.6 Å². The number of aliphatic carboxylic acids is 1. The van der Waals surface area contributed by atoms with Crippen LogP contribution in [0.4, 0.5) is 0 Å². The van der Waals surface area contributed by atoms with Crippen LogP contribution in [0.5, 0.6) is 0 Å². The number of nitrogens with one attached hydrogen (secondary N) is 1. The molecule has 0 saturated heterocycles. The molecule has 1 aromatic heterocycles. The number of ether oxygens (including phenoxy) is 1. The molecule has 10 heteroatoms. The number of hydrogen-bond donors (Lipinski definition) is 4. The first-order chi connectivity index (χ1) is 13.7. The van der Waals surface area contributed by atoms with E-state index in [1.165, 1.54) is 7.11 Å². The summed E-state index contributed by atoms with van der Waals surface area (Å²) in [7, 11) is 1.32. The molecule has 1 amide bonds. The standard InChI is InChI=1S/C19H20Cl2N2O6/c1-29-9-16(24)23-15(17(25)18(26)19(27)28)7-14-3-2-10(8-22-14)11-4-12(20)6-13(21)5-11/h2-6,8,15,17-18,25-26H,7,9H2,1H3,(H,23,24)(H,27,28). The normalized spacial score (nSPS) is 14.1. The second kappa shape index (κ2) is 10.5. The van der Waals surface area contributed by atoms with Gasteiger partial charge in [-0.15, -0.1) is 0 Å². The molecule has 0 fully saturated rings. The quantitative estimate of drug-likeness (QED) is 0.463. The molecule has 4 N–H and O–H groups in total. The first kappa shape index (κ1) is 23.1. The summed E-state index contributed by atoms with van der Waals surface area (Å²) in [6, 6.07) is 7.37. The van der Waals surface area contributed by atoms with Gasteiger partial charge in [0.2, 0.25) is 5.91 Å². The molecule has 8 nitrogen and oxygen atoms in total. The number of carbonyl (C=O) groups is 2. The van der Waals surface area contributed by atoms with Gasteiger partial charge in [-0.3, -0.25) is 9.78 Å². The Kier molecular flexibility index (Phi) is 8.36. The second-order valence-corrected chi connectivity index (χ2v) is 7.15. The number of aliphatic hydroxyl groups is 2. The molecule has 1 aromatic carbocycles. The lowest BCUT2D eigenvalue weighted by Gasteiger charge is -2.25. The van der Waals surface area contributed by atoms with Gasteiger partial charge in [-0.25, -0.2) is 4.79 Å². The Morgan fingerprint density at radius 2 is 1.79 bits per heavy atom. The molecular weight excluding hydrogens is 423 g/mol. The van der Waals surface area contributed by atoms with Crippen LogP contribution in [0, 0.1) is 0 Å². The van der Waals surface area contributed by atoms with Crippen molar-refractivity contribution in [3.8, 4) is 11.1 Å². The maximum absolute atomic E-state index is 11.8. The van der Waals surface area contributed by atoms with Crippen molar-refractivity contribution in [2.45, 2.75) is 24.7 Å². The van der Waals surface area contributed by atoms with Crippen molar-refractivity contribution in [3.63, 3.8) is 0 Å². The fourth-order valence-electron chi connectivity index (χ4n) is 2.66. The molecule has 0 aliphatic carbocycles. The molecule has 156 valence electrons. The van der Waals surface area contributed by atoms with Crippen molar-refractivity contribution >= 4 is 35.1 Å². The number of aliphatic hydroxyl groups excluding tert-OH is 2. The summed E-state index contributed by atoms with van der Waals surface area (Å²) in [6.07, 6.45) is -2.28. The molecule has 3 atom stereocenters. The fourth-order valence-corrected chi connectivity index (χ4v) is 3.19. The van der Waals surface area contributed by atoms with E-state index in [4.69, 9.17) is 33.0 Å². The van der Waals surface area contributed by atoms with E-state index < -0.39 is 30.1 Å². The summed E-state index contributed by atoms with van der Waals surface area (Å²) < 4.78 is 4.72. The SMILES string of the molecule is COCC(=O)NC(Cc1ccc(-c2cc(Cl)cc(Cl)c2)cn1)C(O)C(O)C(=O)O. The van der Waals surface area contributed by atoms with Crippen LogP contribution in [0.1, 0.15) is 5.69 Å². The van der Waals surface area contributed by atoms with Crippen molar-refractivity contribution in [2.75, 3.05) is 13.7 Å². The van der Waals surface area contributed by atoms with E-state index in [1.807, 2.05) is 0 Å². The summed E-state index contributed by atoms with van der Waals surface area (Å²) in [5.74, 6) is -2.18. The van der Waals surface area contributed by atoms with Crippen molar-refractivity contribution in [1.82, 2.24) is 10.3 Å². The highest BCUT2D eigenvalue weighted by Crippen LogP contribution is 2.27. The summed E-state index contributed by atoms with van der Waals surface area (Å²) in [5.41, 5.74) is 1.96. The summed E-state index contributed by atoms with van der Waals surface area (Å²) in [6.45, 7) is -0.283. The number of aromatic nitrogens is 1. The highest BCUT2D eigenvalue weighted by atomic mass is 35.5. The van der Waals surface area contributed by atoms with Gasteiger partial charge in [0, 0.05) is 41.0 Å². The van der Waals surface area contributed by atoms with Gasteiger partial charge in [-0.2, -0.15) is 0 Å². The van der Waals surface area contributed by atoms with Crippen LogP contribution >= 0.6 is 23.2 Å². The molecular formula is C19H20Cl2N2O6. The molecule has 0 bridgehead atoms. The lowest BCUT2D eigenvalue weighted by Crippen LogP contribution is -2.52. The number of nitrogens with zero attached hydrogens (tertiary/aromatic N) is 1. The molecule has 2 rings (SSSR count). The van der Waals surface area contributed by atoms with Crippen LogP contribution in [-0.4, -0.2) is 64.1 Å². The lowest BCUT2D eigenvalue weighted by molar-refractivity contribution is -0.154. The first-order valence-corrected chi connectivity index (χ1v) is 9.25. The minimum Gasteiger partial charge on any atom is -0.479 e. The van der Waals surface area contributed by atoms with Crippen LogP contribution in [0.3, 0.4) is 0 Å². The third-order valence-corrected chi connectivity index (χ3v) is 4.50. The van der Waals surface area contributed by atoms with E-state index in [0.29, 0.717) is 15.7 Å². The number of benzene rings is 1. The largest absolute Gasteiger partial charge is 0.479 e. The summed E-state index contributed by atoms with van der Waals surface area (Å²) >= 11 is 12.0. The zero-order valence-electron chi connectivity index (χ0n) is 15.4. The number of amides is 1. The van der Waals surface area contributed by atoms with Crippen LogP contribution in [0.25, 0.3) is 11.1 Å². The Hall–Kier alpha value is -2.23. The van der Waals surface area contributed by atoms with Gasteiger partial charge >= 0.3 is 5.97 Å². The molecule has 0 radical (unpaired) electrons. The predicted octanol–water partition coefficient (Wildman–Crippen LogP) is 1.54. The molecule has 29 heavy (non-hydrogen) atoms. The van der Waals surface area contributed by atoms with Gasteiger partial charge in [0.15, 0.2) is 6.10 Å². The van der Waals surface area contributed by atoms with Gasteiger partial charge in [0.05, 0.1) is 6.04 Å². The van der Waals surface area contributed by atoms with E-state index in [2.05, 4.69) is 10.3 Å². The Labute approximate surface area is 177 Å². The molecule has 0 aliphatic rings. The number of pyridine rings is 1. The van der Waals surface area contributed by atoms with Gasteiger partial charge < -0.3 is 25.4 Å². The van der Waals surface area contributed by atoms with E-state index in [-0.39, 0.29) is 13.0 Å². The Balaban J connectivity index is 2.20. The highest BCUT2D eigenvalue weighted by molar-refractivity contribution is 6.35. The average Bonchev–Trinajstić information content (AvgIpc) is 2.66. The van der Waals surface area contributed by atoms with Gasteiger partial charge in [0.25, 0.3) is 0 Å². The zero-order valence-corrected chi connectivity index (χ0v) is 16.9. The first-order valence-electron chi connectivity index (χ1n) is 8.50. The number of carboxylic acid groups (broad SMARTS) is 1. The van der Waals surface area contributed by atoms with E-state index in [1.54, 1.807) is 36.5 Å². The van der Waals surface area contributed by atoms with Gasteiger partial charge in [-0.1, -0.05) is 29.3 Å². The molecule has 0 aliphatic heterocycles. The minimum atomic E-state index is -2.07.